The van der Waals surface area contributed by atoms with Crippen LogP contribution in [-0.4, -0.2) is 29.3 Å². The molecule has 4 atom stereocenters. The second-order valence-corrected chi connectivity index (χ2v) is 9.03. The van der Waals surface area contributed by atoms with Gasteiger partial charge in [-0.15, -0.1) is 0 Å². The molecule has 1 saturated carbocycles. The average Bonchev–Trinajstić information content (AvgIpc) is 3.16. The van der Waals surface area contributed by atoms with Crippen molar-refractivity contribution in [1.29, 1.82) is 0 Å². The van der Waals surface area contributed by atoms with Crippen molar-refractivity contribution in [3.8, 4) is 0 Å². The van der Waals surface area contributed by atoms with Crippen molar-refractivity contribution in [3.05, 3.63) is 29.8 Å². The minimum atomic E-state index is 0.547. The molecule has 1 aromatic carbocycles. The summed E-state index contributed by atoms with van der Waals surface area (Å²) in [6.07, 6.45) is 13.8. The molecule has 0 radical (unpaired) electrons. The molecule has 3 aliphatic rings. The third-order valence-electron chi connectivity index (χ3n) is 6.97. The zero-order valence-electron chi connectivity index (χ0n) is 16.1. The molecule has 26 heavy (non-hydrogen) atoms. The molecule has 2 bridgehead atoms. The molecule has 4 rings (SSSR count). The normalized spacial score (nSPS) is 31.6. The van der Waals surface area contributed by atoms with Crippen molar-refractivity contribution in [2.24, 2.45) is 0 Å². The molecule has 3 N–H and O–H groups in total. The molecule has 0 aromatic heterocycles. The van der Waals surface area contributed by atoms with Gasteiger partial charge in [-0.25, -0.2) is 0 Å². The molecule has 0 spiro atoms. The number of piperidine rings is 2. The van der Waals surface area contributed by atoms with Gasteiger partial charge in [0.25, 0.3) is 0 Å². The fourth-order valence-corrected chi connectivity index (χ4v) is 6.07. The van der Waals surface area contributed by atoms with E-state index in [0.717, 1.165) is 35.3 Å². The predicted molar refractivity (Wildman–Crippen MR) is 113 cm³/mol. The molecule has 2 heterocycles. The second-order valence-electron chi connectivity index (χ2n) is 8.62. The van der Waals surface area contributed by atoms with E-state index in [1.54, 1.807) is 0 Å². The molecular weight excluding hydrogens is 338 g/mol. The van der Waals surface area contributed by atoms with E-state index in [4.69, 9.17) is 12.2 Å². The van der Waals surface area contributed by atoms with E-state index < -0.39 is 0 Å². The van der Waals surface area contributed by atoms with Gasteiger partial charge in [-0.2, -0.15) is 0 Å². The number of quaternary nitrogens is 1. The summed E-state index contributed by atoms with van der Waals surface area (Å²) in [5.74, 6) is 0. The summed E-state index contributed by atoms with van der Waals surface area (Å²) >= 11 is 5.62. The lowest BCUT2D eigenvalue weighted by molar-refractivity contribution is -0.982. The molecule has 3 fully saturated rings. The third-order valence-corrected chi connectivity index (χ3v) is 7.19. The van der Waals surface area contributed by atoms with Crippen LogP contribution in [0.5, 0.6) is 0 Å². The van der Waals surface area contributed by atoms with Gasteiger partial charge in [0.15, 0.2) is 5.11 Å². The molecular formula is C22H34N3S+. The van der Waals surface area contributed by atoms with Crippen LogP contribution in [0.2, 0.25) is 0 Å². The molecule has 4 heteroatoms. The number of hydrogen-bond acceptors (Lipinski definition) is 1. The number of thiocarbonyl (C=S) groups is 1. The predicted octanol–water partition coefficient (Wildman–Crippen LogP) is 3.45. The van der Waals surface area contributed by atoms with Crippen LogP contribution >= 0.6 is 12.2 Å². The Morgan fingerprint density at radius 2 is 1.58 bits per heavy atom. The Bertz CT molecular complexity index is 594. The molecule has 1 aliphatic carbocycles. The van der Waals surface area contributed by atoms with E-state index >= 15 is 0 Å². The Kier molecular flexibility index (Phi) is 5.80. The number of nitrogens with one attached hydrogen (secondary N) is 3. The first-order chi connectivity index (χ1) is 12.7. The van der Waals surface area contributed by atoms with E-state index in [-0.39, 0.29) is 0 Å². The van der Waals surface area contributed by atoms with Gasteiger partial charge in [-0.3, -0.25) is 0 Å². The van der Waals surface area contributed by atoms with Crippen LogP contribution in [0.4, 0.5) is 5.69 Å². The smallest absolute Gasteiger partial charge is 0.171 e. The van der Waals surface area contributed by atoms with Crippen molar-refractivity contribution in [1.82, 2.24) is 5.32 Å². The Balaban J connectivity index is 1.33. The lowest BCUT2D eigenvalue weighted by Crippen LogP contribution is -3.24. The molecule has 2 unspecified atom stereocenters. The molecule has 1 aromatic rings. The number of fused-ring (bicyclic) bond motifs is 2. The van der Waals surface area contributed by atoms with E-state index in [0.29, 0.717) is 6.04 Å². The van der Waals surface area contributed by atoms with Crippen LogP contribution in [0.3, 0.4) is 0 Å². The SMILES string of the molecule is CCc1ccc(NC(=S)NC2C[C@H]3CCC[C@@H](C2)[NH+]3C2CCCC2)cc1. The number of aryl methyl sites for hydroxylation is 1. The van der Waals surface area contributed by atoms with Crippen LogP contribution in [0.1, 0.15) is 70.3 Å². The van der Waals surface area contributed by atoms with Crippen molar-refractivity contribution >= 4 is 23.0 Å². The zero-order valence-corrected chi connectivity index (χ0v) is 16.9. The summed E-state index contributed by atoms with van der Waals surface area (Å²) in [5, 5.41) is 7.82. The highest BCUT2D eigenvalue weighted by Crippen LogP contribution is 2.26. The molecule has 3 nitrogen and oxygen atoms in total. The number of rotatable bonds is 4. The van der Waals surface area contributed by atoms with Gasteiger partial charge in [0, 0.05) is 24.6 Å². The topological polar surface area (TPSA) is 28.5 Å². The lowest BCUT2D eigenvalue weighted by atomic mass is 9.80. The van der Waals surface area contributed by atoms with Crippen LogP contribution in [-0.2, 0) is 6.42 Å². The maximum atomic E-state index is 5.62. The highest BCUT2D eigenvalue weighted by atomic mass is 32.1. The van der Waals surface area contributed by atoms with Gasteiger partial charge >= 0.3 is 0 Å². The van der Waals surface area contributed by atoms with Crippen LogP contribution < -0.4 is 15.5 Å². The molecule has 2 saturated heterocycles. The first-order valence-corrected chi connectivity index (χ1v) is 11.2. The summed E-state index contributed by atoms with van der Waals surface area (Å²) in [4.78, 5) is 1.97. The Morgan fingerprint density at radius 1 is 0.962 bits per heavy atom. The largest absolute Gasteiger partial charge is 0.359 e. The summed E-state index contributed by atoms with van der Waals surface area (Å²) < 4.78 is 0. The highest BCUT2D eigenvalue weighted by molar-refractivity contribution is 7.80. The highest BCUT2D eigenvalue weighted by Gasteiger charge is 2.45. The van der Waals surface area contributed by atoms with E-state index in [1.807, 2.05) is 4.90 Å². The lowest BCUT2D eigenvalue weighted by Gasteiger charge is -2.48. The van der Waals surface area contributed by atoms with Gasteiger partial charge in [-0.05, 0) is 81.3 Å². The van der Waals surface area contributed by atoms with Gasteiger partial charge in [0.2, 0.25) is 0 Å². The number of benzene rings is 1. The summed E-state index contributed by atoms with van der Waals surface area (Å²) in [6.45, 7) is 2.19. The first kappa shape index (κ1) is 18.2. The molecule has 0 amide bonds. The maximum Gasteiger partial charge on any atom is 0.171 e. The fraction of sp³-hybridized carbons (Fsp3) is 0.682. The monoisotopic (exact) mass is 372 g/mol. The summed E-state index contributed by atoms with van der Waals surface area (Å²) in [5.41, 5.74) is 2.46. The molecule has 142 valence electrons. The third kappa shape index (κ3) is 4.07. The number of hydrogen-bond donors (Lipinski definition) is 3. The van der Waals surface area contributed by atoms with Crippen molar-refractivity contribution in [2.45, 2.75) is 95.3 Å². The van der Waals surface area contributed by atoms with Crippen molar-refractivity contribution in [2.75, 3.05) is 5.32 Å². The molecule has 2 aliphatic heterocycles. The van der Waals surface area contributed by atoms with Gasteiger partial charge in [0.1, 0.15) is 0 Å². The minimum Gasteiger partial charge on any atom is -0.359 e. The van der Waals surface area contributed by atoms with E-state index in [1.165, 1.54) is 63.4 Å². The number of anilines is 1. The quantitative estimate of drug-likeness (QED) is 0.707. The van der Waals surface area contributed by atoms with Gasteiger partial charge in [0.05, 0.1) is 18.1 Å². The van der Waals surface area contributed by atoms with Crippen LogP contribution in [0.15, 0.2) is 24.3 Å². The maximum absolute atomic E-state index is 5.62. The second kappa shape index (κ2) is 8.26. The minimum absolute atomic E-state index is 0.547. The average molecular weight is 373 g/mol. The summed E-state index contributed by atoms with van der Waals surface area (Å²) in [6, 6.07) is 11.8. The Labute approximate surface area is 163 Å². The van der Waals surface area contributed by atoms with Crippen LogP contribution in [0, 0.1) is 0 Å². The van der Waals surface area contributed by atoms with Crippen molar-refractivity contribution in [3.63, 3.8) is 0 Å². The first-order valence-electron chi connectivity index (χ1n) is 10.8. The van der Waals surface area contributed by atoms with Crippen LogP contribution in [0.25, 0.3) is 0 Å². The summed E-state index contributed by atoms with van der Waals surface area (Å²) in [7, 11) is 0. The fourth-order valence-electron chi connectivity index (χ4n) is 5.79. The Hall–Kier alpha value is -1.13. The van der Waals surface area contributed by atoms with E-state index in [9.17, 15) is 0 Å². The van der Waals surface area contributed by atoms with E-state index in [2.05, 4.69) is 41.8 Å². The van der Waals surface area contributed by atoms with Gasteiger partial charge < -0.3 is 15.5 Å². The zero-order chi connectivity index (χ0) is 17.9. The standard InChI is InChI=1S/C22H33N3S/c1-2-16-10-12-17(13-11-16)23-22(26)24-18-14-20-8-5-9-21(15-18)25(20)19-6-3-4-7-19/h10-13,18-21H,2-9,14-15H2,1H3,(H2,23,24,26)/p+1/t18?,20-,21+. The van der Waals surface area contributed by atoms with Crippen molar-refractivity contribution < 1.29 is 4.90 Å². The van der Waals surface area contributed by atoms with Gasteiger partial charge in [-0.1, -0.05) is 19.1 Å². The Morgan fingerprint density at radius 3 is 2.19 bits per heavy atom.